The third kappa shape index (κ3) is 3.51. The molecule has 2 aliphatic rings. The lowest BCUT2D eigenvalue weighted by atomic mass is 9.69. The zero-order valence-electron chi connectivity index (χ0n) is 23.2. The van der Waals surface area contributed by atoms with Gasteiger partial charge in [-0.25, -0.2) is 0 Å². The quantitative estimate of drug-likeness (QED) is 0.242. The summed E-state index contributed by atoms with van der Waals surface area (Å²) in [5.74, 6) is 0. The fourth-order valence-electron chi connectivity index (χ4n) is 7.82. The van der Waals surface area contributed by atoms with E-state index in [1.54, 1.807) is 5.56 Å². The van der Waals surface area contributed by atoms with Gasteiger partial charge < -0.3 is 5.32 Å². The van der Waals surface area contributed by atoms with Crippen LogP contribution in [0.4, 0.5) is 0 Å². The molecule has 194 valence electrons. The molecule has 1 aliphatic carbocycles. The van der Waals surface area contributed by atoms with Crippen LogP contribution in [-0.4, -0.2) is 0 Å². The minimum absolute atomic E-state index is 0.00804. The van der Waals surface area contributed by atoms with Crippen LogP contribution in [0.15, 0.2) is 109 Å². The predicted octanol–water partition coefficient (Wildman–Crippen LogP) is 9.49. The molecular formula is C39H33N. The van der Waals surface area contributed by atoms with E-state index in [1.165, 1.54) is 71.6 Å². The molecule has 1 atom stereocenters. The number of nitrogens with one attached hydrogen (secondary N) is 1. The molecule has 1 N–H and O–H groups in total. The number of benzene rings is 6. The topological polar surface area (TPSA) is 12.0 Å². The average Bonchev–Trinajstić information content (AvgIpc) is 3.33. The number of aryl methyl sites for hydroxylation is 2. The van der Waals surface area contributed by atoms with Gasteiger partial charge in [-0.2, -0.15) is 0 Å². The third-order valence-corrected chi connectivity index (χ3v) is 9.64. The minimum atomic E-state index is -0.00804. The molecule has 40 heavy (non-hydrogen) atoms. The van der Waals surface area contributed by atoms with Crippen molar-refractivity contribution in [3.05, 3.63) is 143 Å². The second-order valence-electron chi connectivity index (χ2n) is 12.0. The first-order chi connectivity index (χ1) is 19.6. The van der Waals surface area contributed by atoms with Crippen molar-refractivity contribution < 1.29 is 0 Å². The van der Waals surface area contributed by atoms with Crippen molar-refractivity contribution in [1.29, 1.82) is 0 Å². The molecule has 1 heterocycles. The predicted molar refractivity (Wildman–Crippen MR) is 169 cm³/mol. The van der Waals surface area contributed by atoms with Crippen molar-refractivity contribution >= 4 is 21.5 Å². The Hall–Kier alpha value is -4.20. The highest BCUT2D eigenvalue weighted by Crippen LogP contribution is 2.51. The molecule has 0 bridgehead atoms. The molecule has 0 spiro atoms. The normalized spacial score (nSPS) is 17.9. The second kappa shape index (κ2) is 8.91. The van der Waals surface area contributed by atoms with Crippen molar-refractivity contribution in [2.45, 2.75) is 45.2 Å². The minimum Gasteiger partial charge on any atom is -0.309 e. The summed E-state index contributed by atoms with van der Waals surface area (Å²) in [6.45, 7) is 6.59. The van der Waals surface area contributed by atoms with Crippen LogP contribution in [0.25, 0.3) is 43.8 Å². The highest BCUT2D eigenvalue weighted by Gasteiger charge is 2.42. The van der Waals surface area contributed by atoms with Gasteiger partial charge in [0.15, 0.2) is 0 Å². The summed E-state index contributed by atoms with van der Waals surface area (Å²) in [4.78, 5) is 0. The van der Waals surface area contributed by atoms with E-state index >= 15 is 0 Å². The Morgan fingerprint density at radius 3 is 1.75 bits per heavy atom. The molecule has 0 unspecified atom stereocenters. The van der Waals surface area contributed by atoms with Gasteiger partial charge in [0, 0.05) is 18.5 Å². The van der Waals surface area contributed by atoms with Crippen molar-refractivity contribution in [1.82, 2.24) is 5.32 Å². The molecule has 1 heteroatoms. The maximum atomic E-state index is 3.91. The lowest BCUT2D eigenvalue weighted by Crippen LogP contribution is -2.31. The van der Waals surface area contributed by atoms with Crippen LogP contribution >= 0.6 is 0 Å². The number of hydrogen-bond acceptors (Lipinski definition) is 1. The van der Waals surface area contributed by atoms with Crippen molar-refractivity contribution in [3.8, 4) is 22.3 Å². The monoisotopic (exact) mass is 515 g/mol. The van der Waals surface area contributed by atoms with E-state index in [-0.39, 0.29) is 5.41 Å². The van der Waals surface area contributed by atoms with E-state index in [4.69, 9.17) is 0 Å². The van der Waals surface area contributed by atoms with Crippen molar-refractivity contribution in [2.24, 2.45) is 0 Å². The van der Waals surface area contributed by atoms with Gasteiger partial charge in [-0.1, -0.05) is 104 Å². The first-order valence-electron chi connectivity index (χ1n) is 14.6. The third-order valence-electron chi connectivity index (χ3n) is 9.64. The van der Waals surface area contributed by atoms with Crippen molar-refractivity contribution in [2.75, 3.05) is 0 Å². The van der Waals surface area contributed by atoms with Gasteiger partial charge in [-0.15, -0.1) is 0 Å². The van der Waals surface area contributed by atoms with E-state index in [9.17, 15) is 0 Å². The highest BCUT2D eigenvalue weighted by molar-refractivity contribution is 5.89. The van der Waals surface area contributed by atoms with E-state index in [0.717, 1.165) is 25.9 Å². The van der Waals surface area contributed by atoms with Crippen LogP contribution < -0.4 is 5.32 Å². The molecule has 0 saturated carbocycles. The maximum Gasteiger partial charge on any atom is 0.0218 e. The first kappa shape index (κ1) is 23.7. The molecule has 0 saturated heterocycles. The smallest absolute Gasteiger partial charge is 0.0218 e. The van der Waals surface area contributed by atoms with Crippen LogP contribution in [0.2, 0.25) is 0 Å². The Bertz CT molecular complexity index is 1960. The van der Waals surface area contributed by atoms with E-state index in [1.807, 2.05) is 0 Å². The molecule has 0 aromatic heterocycles. The highest BCUT2D eigenvalue weighted by atomic mass is 14.9. The van der Waals surface area contributed by atoms with E-state index < -0.39 is 0 Å². The summed E-state index contributed by atoms with van der Waals surface area (Å²) in [6.07, 6.45) is 2.29. The first-order valence-corrected chi connectivity index (χ1v) is 14.6. The zero-order chi connectivity index (χ0) is 26.8. The molecule has 0 amide bonds. The van der Waals surface area contributed by atoms with Crippen LogP contribution in [0, 0.1) is 6.92 Å². The Morgan fingerprint density at radius 2 is 1.12 bits per heavy atom. The summed E-state index contributed by atoms with van der Waals surface area (Å²) in [5.41, 5.74) is 14.3. The van der Waals surface area contributed by atoms with Crippen LogP contribution in [0.3, 0.4) is 0 Å². The Balaban J connectivity index is 1.34. The molecule has 0 radical (unpaired) electrons. The SMILES string of the molecule is Cc1ccc(-c2ccc3ccccc3c2)c2c1[C@@]1(C)CCc3ccc(-c4ccc5ccccc5c4)c(c31)CNC2. The van der Waals surface area contributed by atoms with Crippen LogP contribution in [-0.2, 0) is 24.9 Å². The fraction of sp³-hybridized carbons (Fsp3) is 0.179. The molecule has 1 nitrogen and oxygen atoms in total. The van der Waals surface area contributed by atoms with Gasteiger partial charge in [-0.05, 0) is 109 Å². The van der Waals surface area contributed by atoms with Gasteiger partial charge in [0.2, 0.25) is 0 Å². The number of fused-ring (bicyclic) bond motifs is 4. The summed E-state index contributed by atoms with van der Waals surface area (Å²) in [6, 6.07) is 40.8. The van der Waals surface area contributed by atoms with Crippen LogP contribution in [0.5, 0.6) is 0 Å². The van der Waals surface area contributed by atoms with Gasteiger partial charge in [-0.3, -0.25) is 0 Å². The summed E-state index contributed by atoms with van der Waals surface area (Å²) in [7, 11) is 0. The van der Waals surface area contributed by atoms with Gasteiger partial charge >= 0.3 is 0 Å². The van der Waals surface area contributed by atoms with Gasteiger partial charge in [0.05, 0.1) is 0 Å². The standard InChI is InChI=1S/C39H33N/c1-25-11-17-33(31-14-12-26-7-3-5-9-29(26)21-31)35-23-40-24-36-34(32-15-13-27-8-4-6-10-30(27)22-32)18-16-28-19-20-39(2,37(25)35)38(28)36/h3-18,21-22,40H,19-20,23-24H2,1-2H3/t39-/m1/s1. The Kier molecular flexibility index (Phi) is 5.27. The summed E-state index contributed by atoms with van der Waals surface area (Å²) in [5, 5.41) is 9.10. The molecular weight excluding hydrogens is 482 g/mol. The average molecular weight is 516 g/mol. The van der Waals surface area contributed by atoms with Crippen molar-refractivity contribution in [3.63, 3.8) is 0 Å². The lowest BCUT2D eigenvalue weighted by Gasteiger charge is -2.36. The largest absolute Gasteiger partial charge is 0.309 e. The van der Waals surface area contributed by atoms with E-state index in [2.05, 4.69) is 128 Å². The van der Waals surface area contributed by atoms with Gasteiger partial charge in [0.25, 0.3) is 0 Å². The second-order valence-corrected chi connectivity index (χ2v) is 12.0. The number of hydrogen-bond donors (Lipinski definition) is 1. The maximum absolute atomic E-state index is 3.91. The molecule has 6 aromatic carbocycles. The fourth-order valence-corrected chi connectivity index (χ4v) is 7.82. The molecule has 0 fully saturated rings. The number of rotatable bonds is 2. The molecule has 8 rings (SSSR count). The van der Waals surface area contributed by atoms with E-state index in [0.29, 0.717) is 0 Å². The molecule has 6 aromatic rings. The molecule has 1 aliphatic heterocycles. The summed E-state index contributed by atoms with van der Waals surface area (Å²) >= 11 is 0. The Morgan fingerprint density at radius 1 is 0.575 bits per heavy atom. The zero-order valence-corrected chi connectivity index (χ0v) is 23.2. The Labute approximate surface area is 236 Å². The van der Waals surface area contributed by atoms with Crippen LogP contribution in [0.1, 0.15) is 46.7 Å². The summed E-state index contributed by atoms with van der Waals surface area (Å²) < 4.78 is 0. The lowest BCUT2D eigenvalue weighted by molar-refractivity contribution is 0.531. The van der Waals surface area contributed by atoms with Gasteiger partial charge in [0.1, 0.15) is 0 Å².